The van der Waals surface area contributed by atoms with Crippen LogP contribution < -0.4 is 10.6 Å². The van der Waals surface area contributed by atoms with Gasteiger partial charge >= 0.3 is 0 Å². The van der Waals surface area contributed by atoms with Crippen molar-refractivity contribution in [3.63, 3.8) is 0 Å². The summed E-state index contributed by atoms with van der Waals surface area (Å²) in [5.41, 5.74) is 0. The van der Waals surface area contributed by atoms with Gasteiger partial charge in [0, 0.05) is 15.8 Å². The zero-order valence-corrected chi connectivity index (χ0v) is 18.5. The lowest BCUT2D eigenvalue weighted by Crippen LogP contribution is -2.43. The standard InChI is InChI=1S/C22H24N2O2S3/c25-21(18-11-6-14-29-18)24-20(17-10-5-13-28-17)19(16-9-4-12-27-16)22(26)23-15-7-2-1-3-8-15/h4-6,9-15,19-20H,1-3,7-8H2,(H,23,26)(H,24,25). The van der Waals surface area contributed by atoms with E-state index in [9.17, 15) is 9.59 Å². The molecule has 4 nitrogen and oxygen atoms in total. The summed E-state index contributed by atoms with van der Waals surface area (Å²) in [6.45, 7) is 0. The van der Waals surface area contributed by atoms with Crippen molar-refractivity contribution in [2.24, 2.45) is 0 Å². The van der Waals surface area contributed by atoms with Crippen molar-refractivity contribution in [1.29, 1.82) is 0 Å². The number of carbonyl (C=O) groups excluding carboxylic acids is 2. The number of hydrogen-bond acceptors (Lipinski definition) is 5. The molecule has 4 rings (SSSR count). The first-order valence-corrected chi connectivity index (χ1v) is 12.6. The molecule has 0 radical (unpaired) electrons. The first-order chi connectivity index (χ1) is 14.2. The number of amides is 2. The van der Waals surface area contributed by atoms with Gasteiger partial charge in [0.1, 0.15) is 0 Å². The minimum absolute atomic E-state index is 0.00392. The lowest BCUT2D eigenvalue weighted by molar-refractivity contribution is -0.124. The van der Waals surface area contributed by atoms with E-state index in [1.54, 1.807) is 22.7 Å². The summed E-state index contributed by atoms with van der Waals surface area (Å²) < 4.78 is 0. The fraction of sp³-hybridized carbons (Fsp3) is 0.364. The number of nitrogens with one attached hydrogen (secondary N) is 2. The van der Waals surface area contributed by atoms with Gasteiger partial charge in [0.25, 0.3) is 5.91 Å². The van der Waals surface area contributed by atoms with Gasteiger partial charge in [-0.2, -0.15) is 0 Å². The number of rotatable bonds is 7. The Kier molecular flexibility index (Phi) is 6.79. The van der Waals surface area contributed by atoms with Crippen molar-refractivity contribution in [2.45, 2.75) is 50.1 Å². The van der Waals surface area contributed by atoms with Gasteiger partial charge in [-0.05, 0) is 47.2 Å². The minimum atomic E-state index is -0.445. The maximum absolute atomic E-state index is 13.5. The van der Waals surface area contributed by atoms with Crippen LogP contribution in [0.3, 0.4) is 0 Å². The van der Waals surface area contributed by atoms with Crippen LogP contribution in [-0.2, 0) is 4.79 Å². The third-order valence-corrected chi connectivity index (χ3v) is 8.08. The van der Waals surface area contributed by atoms with E-state index in [2.05, 4.69) is 10.6 Å². The molecule has 3 heterocycles. The number of thiophene rings is 3. The lowest BCUT2D eigenvalue weighted by Gasteiger charge is -2.29. The van der Waals surface area contributed by atoms with Crippen molar-refractivity contribution < 1.29 is 9.59 Å². The monoisotopic (exact) mass is 444 g/mol. The molecule has 0 aromatic carbocycles. The summed E-state index contributed by atoms with van der Waals surface area (Å²) in [5, 5.41) is 12.3. The maximum atomic E-state index is 13.5. The van der Waals surface area contributed by atoms with E-state index in [1.165, 1.54) is 17.8 Å². The van der Waals surface area contributed by atoms with Crippen LogP contribution in [0.25, 0.3) is 0 Å². The van der Waals surface area contributed by atoms with Gasteiger partial charge in [-0.25, -0.2) is 0 Å². The Balaban J connectivity index is 1.63. The topological polar surface area (TPSA) is 58.2 Å². The highest BCUT2D eigenvalue weighted by Crippen LogP contribution is 2.37. The molecule has 1 saturated carbocycles. The van der Waals surface area contributed by atoms with Gasteiger partial charge in [0.05, 0.1) is 16.8 Å². The normalized spacial score (nSPS) is 16.8. The van der Waals surface area contributed by atoms with Crippen LogP contribution in [0.2, 0.25) is 0 Å². The summed E-state index contributed by atoms with van der Waals surface area (Å²) in [7, 11) is 0. The molecule has 2 atom stereocenters. The summed E-state index contributed by atoms with van der Waals surface area (Å²) in [6.07, 6.45) is 5.65. The molecule has 2 N–H and O–H groups in total. The van der Waals surface area contributed by atoms with Crippen LogP contribution in [0.1, 0.15) is 63.5 Å². The van der Waals surface area contributed by atoms with E-state index in [-0.39, 0.29) is 17.9 Å². The number of hydrogen-bond donors (Lipinski definition) is 2. The van der Waals surface area contributed by atoms with E-state index < -0.39 is 12.0 Å². The van der Waals surface area contributed by atoms with Crippen LogP contribution in [0.5, 0.6) is 0 Å². The molecule has 7 heteroatoms. The van der Waals surface area contributed by atoms with Crippen LogP contribution in [0, 0.1) is 0 Å². The van der Waals surface area contributed by atoms with E-state index in [4.69, 9.17) is 0 Å². The molecule has 2 unspecified atom stereocenters. The van der Waals surface area contributed by atoms with E-state index >= 15 is 0 Å². The first kappa shape index (κ1) is 20.3. The van der Waals surface area contributed by atoms with Crippen LogP contribution in [-0.4, -0.2) is 17.9 Å². The Morgan fingerprint density at radius 2 is 1.52 bits per heavy atom. The van der Waals surface area contributed by atoms with Crippen LogP contribution in [0.15, 0.2) is 52.5 Å². The predicted octanol–water partition coefficient (Wildman–Crippen LogP) is 5.57. The Hall–Kier alpha value is -1.96. The molecule has 3 aromatic heterocycles. The predicted molar refractivity (Wildman–Crippen MR) is 121 cm³/mol. The molecule has 0 aliphatic heterocycles. The third kappa shape index (κ3) is 4.97. The summed E-state index contributed by atoms with van der Waals surface area (Å²) >= 11 is 4.55. The quantitative estimate of drug-likeness (QED) is 0.500. The van der Waals surface area contributed by atoms with E-state index in [0.29, 0.717) is 4.88 Å². The third-order valence-electron chi connectivity index (χ3n) is 5.30. The smallest absolute Gasteiger partial charge is 0.261 e. The molecule has 0 spiro atoms. The van der Waals surface area contributed by atoms with Crippen molar-refractivity contribution in [1.82, 2.24) is 10.6 Å². The van der Waals surface area contributed by atoms with Gasteiger partial charge in [-0.1, -0.05) is 37.5 Å². The molecule has 1 aliphatic rings. The highest BCUT2D eigenvalue weighted by Gasteiger charge is 2.35. The highest BCUT2D eigenvalue weighted by atomic mass is 32.1. The second-order valence-electron chi connectivity index (χ2n) is 7.28. The van der Waals surface area contributed by atoms with Gasteiger partial charge in [0.2, 0.25) is 5.91 Å². The molecule has 152 valence electrons. The Bertz CT molecular complexity index is 898. The Morgan fingerprint density at radius 1 is 0.862 bits per heavy atom. The Morgan fingerprint density at radius 3 is 2.14 bits per heavy atom. The summed E-state index contributed by atoms with van der Waals surface area (Å²) in [5.74, 6) is -0.575. The Labute approximate surface area is 183 Å². The maximum Gasteiger partial charge on any atom is 0.261 e. The van der Waals surface area contributed by atoms with Crippen molar-refractivity contribution in [3.05, 3.63) is 67.2 Å². The fourth-order valence-electron chi connectivity index (χ4n) is 3.86. The zero-order chi connectivity index (χ0) is 20.1. The SMILES string of the molecule is O=C(NC(c1cccs1)C(C(=O)NC1CCCCC1)c1cccs1)c1cccs1. The average Bonchev–Trinajstić information content (AvgIpc) is 3.51. The van der Waals surface area contributed by atoms with Gasteiger partial charge < -0.3 is 10.6 Å². The largest absolute Gasteiger partial charge is 0.353 e. The van der Waals surface area contributed by atoms with Gasteiger partial charge in [-0.3, -0.25) is 9.59 Å². The lowest BCUT2D eigenvalue weighted by atomic mass is 9.92. The van der Waals surface area contributed by atoms with Crippen molar-refractivity contribution in [2.75, 3.05) is 0 Å². The molecule has 3 aromatic rings. The van der Waals surface area contributed by atoms with Gasteiger partial charge in [0.15, 0.2) is 0 Å². The molecular weight excluding hydrogens is 420 g/mol. The van der Waals surface area contributed by atoms with Gasteiger partial charge in [-0.15, -0.1) is 34.0 Å². The van der Waals surface area contributed by atoms with E-state index in [0.717, 1.165) is 35.4 Å². The average molecular weight is 445 g/mol. The van der Waals surface area contributed by atoms with Crippen molar-refractivity contribution in [3.8, 4) is 0 Å². The highest BCUT2D eigenvalue weighted by molar-refractivity contribution is 7.12. The zero-order valence-electron chi connectivity index (χ0n) is 16.0. The molecule has 0 bridgehead atoms. The van der Waals surface area contributed by atoms with E-state index in [1.807, 2.05) is 52.5 Å². The number of carbonyl (C=O) groups is 2. The summed E-state index contributed by atoms with van der Waals surface area (Å²) in [4.78, 5) is 29.0. The van der Waals surface area contributed by atoms with Crippen molar-refractivity contribution >= 4 is 45.8 Å². The fourth-order valence-corrected chi connectivity index (χ4v) is 6.16. The second-order valence-corrected chi connectivity index (χ2v) is 10.2. The molecule has 29 heavy (non-hydrogen) atoms. The molecular formula is C22H24N2O2S3. The van der Waals surface area contributed by atoms with Crippen LogP contribution in [0.4, 0.5) is 0 Å². The molecule has 0 saturated heterocycles. The van der Waals surface area contributed by atoms with Crippen LogP contribution >= 0.6 is 34.0 Å². The molecule has 1 fully saturated rings. The molecule has 1 aliphatic carbocycles. The molecule has 2 amide bonds. The summed E-state index contributed by atoms with van der Waals surface area (Å²) in [6, 6.07) is 11.4. The first-order valence-electron chi connectivity index (χ1n) is 9.94. The minimum Gasteiger partial charge on any atom is -0.353 e. The second kappa shape index (κ2) is 9.69.